The molecule has 5 heteroatoms. The van der Waals surface area contributed by atoms with Gasteiger partial charge in [-0.05, 0) is 54.7 Å². The average molecular weight is 444 g/mol. The van der Waals surface area contributed by atoms with E-state index in [1.807, 2.05) is 18.3 Å². The van der Waals surface area contributed by atoms with Crippen LogP contribution in [-0.4, -0.2) is 50.5 Å². The number of nitrogens with two attached hydrogens (primary N) is 1. The highest BCUT2D eigenvalue weighted by Gasteiger charge is 2.33. The smallest absolute Gasteiger partial charge is 0.127 e. The van der Waals surface area contributed by atoms with Crippen molar-refractivity contribution >= 4 is 11.8 Å². The molecule has 0 spiro atoms. The number of methoxy groups -OCH3 is 1. The summed E-state index contributed by atoms with van der Waals surface area (Å²) in [4.78, 5) is 7.24. The molecule has 2 N–H and O–H groups in total. The van der Waals surface area contributed by atoms with Crippen LogP contribution >= 0.6 is 0 Å². The van der Waals surface area contributed by atoms with Crippen molar-refractivity contribution in [3.63, 3.8) is 0 Å². The van der Waals surface area contributed by atoms with Gasteiger partial charge in [-0.3, -0.25) is 4.99 Å². The molecular formula is C28H33N3O2. The van der Waals surface area contributed by atoms with Crippen molar-refractivity contribution in [2.24, 2.45) is 16.6 Å². The molecule has 0 aromatic heterocycles. The van der Waals surface area contributed by atoms with Gasteiger partial charge in [0, 0.05) is 42.9 Å². The third-order valence-electron chi connectivity index (χ3n) is 7.27. The summed E-state index contributed by atoms with van der Waals surface area (Å²) in [7, 11) is 1.71. The van der Waals surface area contributed by atoms with Gasteiger partial charge in [0.2, 0.25) is 0 Å². The Kier molecular flexibility index (Phi) is 6.34. The number of ether oxygens (including phenoxy) is 2. The second-order valence-electron chi connectivity index (χ2n) is 9.26. The number of rotatable bonds is 5. The van der Waals surface area contributed by atoms with Crippen LogP contribution in [0.5, 0.6) is 11.5 Å². The number of piperidine rings is 1. The number of aliphatic imine (C=N–C) groups is 1. The summed E-state index contributed by atoms with van der Waals surface area (Å²) in [5.41, 5.74) is 10.2. The Morgan fingerprint density at radius 2 is 2.00 bits per heavy atom. The molecule has 1 saturated heterocycles. The first-order valence-electron chi connectivity index (χ1n) is 11.9. The lowest BCUT2D eigenvalue weighted by Crippen LogP contribution is -2.48. The molecule has 0 bridgehead atoms. The Hall–Kier alpha value is -2.89. The highest BCUT2D eigenvalue weighted by atomic mass is 16.5. The molecule has 2 aromatic carbocycles. The first kappa shape index (κ1) is 21.9. The number of allylic oxidation sites excluding steroid dienone is 1. The van der Waals surface area contributed by atoms with Crippen molar-refractivity contribution in [2.75, 3.05) is 33.4 Å². The number of hydrogen-bond acceptors (Lipinski definition) is 5. The number of hydrogen-bond donors (Lipinski definition) is 1. The lowest BCUT2D eigenvalue weighted by molar-refractivity contribution is 0.164. The van der Waals surface area contributed by atoms with E-state index in [1.165, 1.54) is 11.1 Å². The Balaban J connectivity index is 1.30. The summed E-state index contributed by atoms with van der Waals surface area (Å²) in [6, 6.07) is 16.7. The largest absolute Gasteiger partial charge is 0.497 e. The molecule has 2 aromatic rings. The van der Waals surface area contributed by atoms with Crippen LogP contribution < -0.4 is 15.2 Å². The third kappa shape index (κ3) is 4.61. The maximum Gasteiger partial charge on any atom is 0.127 e. The molecule has 5 rings (SSSR count). The summed E-state index contributed by atoms with van der Waals surface area (Å²) in [6.07, 6.45) is 11.5. The van der Waals surface area contributed by atoms with Crippen LogP contribution in [0.4, 0.5) is 0 Å². The van der Waals surface area contributed by atoms with Gasteiger partial charge in [-0.2, -0.15) is 0 Å². The van der Waals surface area contributed by atoms with Crippen molar-refractivity contribution in [2.45, 2.75) is 30.8 Å². The zero-order chi connectivity index (χ0) is 22.7. The van der Waals surface area contributed by atoms with Crippen LogP contribution in [0.2, 0.25) is 0 Å². The molecule has 172 valence electrons. The van der Waals surface area contributed by atoms with Gasteiger partial charge >= 0.3 is 0 Å². The predicted octanol–water partition coefficient (Wildman–Crippen LogP) is 4.44. The van der Waals surface area contributed by atoms with Gasteiger partial charge < -0.3 is 20.1 Å². The molecule has 1 fully saturated rings. The third-order valence-corrected chi connectivity index (χ3v) is 7.27. The van der Waals surface area contributed by atoms with E-state index in [0.717, 1.165) is 56.0 Å². The number of fused-ring (bicyclic) bond motifs is 2. The molecule has 2 atom stereocenters. The second-order valence-corrected chi connectivity index (χ2v) is 9.26. The molecule has 0 aliphatic carbocycles. The highest BCUT2D eigenvalue weighted by molar-refractivity contribution is 5.80. The van der Waals surface area contributed by atoms with Crippen molar-refractivity contribution in [1.29, 1.82) is 0 Å². The second kappa shape index (κ2) is 9.54. The summed E-state index contributed by atoms with van der Waals surface area (Å²) in [5.74, 6) is 1.98. The summed E-state index contributed by atoms with van der Waals surface area (Å²) in [5, 5.41) is 0. The molecule has 3 aliphatic rings. The maximum atomic E-state index is 6.77. The highest BCUT2D eigenvalue weighted by Crippen LogP contribution is 2.40. The Labute approximate surface area is 196 Å². The lowest BCUT2D eigenvalue weighted by Gasteiger charge is -2.39. The molecule has 0 amide bonds. The number of nitrogens with zero attached hydrogens (tertiary/aromatic N) is 2. The summed E-state index contributed by atoms with van der Waals surface area (Å²) >= 11 is 0. The van der Waals surface area contributed by atoms with Gasteiger partial charge in [0.05, 0.1) is 13.2 Å². The van der Waals surface area contributed by atoms with Crippen LogP contribution in [0, 0.1) is 5.92 Å². The van der Waals surface area contributed by atoms with Gasteiger partial charge in [0.25, 0.3) is 0 Å². The van der Waals surface area contributed by atoms with Crippen molar-refractivity contribution in [1.82, 2.24) is 4.90 Å². The topological polar surface area (TPSA) is 60.1 Å². The van der Waals surface area contributed by atoms with Crippen LogP contribution in [0.1, 0.15) is 30.4 Å². The minimum absolute atomic E-state index is 0.110. The Morgan fingerprint density at radius 1 is 1.18 bits per heavy atom. The van der Waals surface area contributed by atoms with E-state index in [2.05, 4.69) is 59.5 Å². The fourth-order valence-electron chi connectivity index (χ4n) is 5.23. The van der Waals surface area contributed by atoms with Gasteiger partial charge in [0.1, 0.15) is 18.1 Å². The first-order valence-corrected chi connectivity index (χ1v) is 11.9. The quantitative estimate of drug-likeness (QED) is 0.742. The zero-order valence-corrected chi connectivity index (χ0v) is 19.3. The van der Waals surface area contributed by atoms with Gasteiger partial charge in [0.15, 0.2) is 0 Å². The van der Waals surface area contributed by atoms with Crippen LogP contribution in [0.25, 0.3) is 5.57 Å². The zero-order valence-electron chi connectivity index (χ0n) is 19.3. The fourth-order valence-corrected chi connectivity index (χ4v) is 5.23. The number of dihydropyridines is 1. The van der Waals surface area contributed by atoms with Crippen molar-refractivity contribution in [3.05, 3.63) is 77.9 Å². The van der Waals surface area contributed by atoms with E-state index in [0.29, 0.717) is 6.61 Å². The summed E-state index contributed by atoms with van der Waals surface area (Å²) in [6.45, 7) is 3.67. The van der Waals surface area contributed by atoms with Gasteiger partial charge in [-0.15, -0.1) is 0 Å². The molecule has 0 radical (unpaired) electrons. The molecule has 3 heterocycles. The van der Waals surface area contributed by atoms with Crippen LogP contribution in [0.15, 0.2) is 71.8 Å². The monoisotopic (exact) mass is 443 g/mol. The standard InChI is InChI=1S/C28H33N3O2/c1-32-22-11-12-27-25(19-22)23(24-9-5-15-30-26(24)20-33-27)10-6-16-31-17-13-28(29,14-18-31)21-7-3-2-4-8-21/h2-5,7-12,15,19,24,26H,6,13-14,16-18,20,29H2,1H3. The average Bonchev–Trinajstić information content (AvgIpc) is 3.02. The summed E-state index contributed by atoms with van der Waals surface area (Å²) < 4.78 is 11.7. The Bertz CT molecular complexity index is 1050. The molecule has 2 unspecified atom stereocenters. The van der Waals surface area contributed by atoms with E-state index in [-0.39, 0.29) is 17.5 Å². The predicted molar refractivity (Wildman–Crippen MR) is 134 cm³/mol. The molecular weight excluding hydrogens is 410 g/mol. The molecule has 0 saturated carbocycles. The first-order chi connectivity index (χ1) is 16.2. The van der Waals surface area contributed by atoms with E-state index in [9.17, 15) is 0 Å². The lowest BCUT2D eigenvalue weighted by atomic mass is 9.82. The van der Waals surface area contributed by atoms with Crippen LogP contribution in [-0.2, 0) is 5.54 Å². The maximum absolute atomic E-state index is 6.77. The van der Waals surface area contributed by atoms with E-state index in [4.69, 9.17) is 20.2 Å². The normalized spacial score (nSPS) is 25.1. The van der Waals surface area contributed by atoms with Gasteiger partial charge in [-0.25, -0.2) is 0 Å². The minimum Gasteiger partial charge on any atom is -0.497 e. The van der Waals surface area contributed by atoms with Crippen molar-refractivity contribution in [3.8, 4) is 11.5 Å². The molecule has 33 heavy (non-hydrogen) atoms. The minimum atomic E-state index is -0.206. The van der Waals surface area contributed by atoms with E-state index >= 15 is 0 Å². The fraction of sp³-hybridized carbons (Fsp3) is 0.393. The number of benzene rings is 2. The van der Waals surface area contributed by atoms with E-state index in [1.54, 1.807) is 7.11 Å². The van der Waals surface area contributed by atoms with Crippen molar-refractivity contribution < 1.29 is 9.47 Å². The van der Waals surface area contributed by atoms with Crippen LogP contribution in [0.3, 0.4) is 0 Å². The van der Waals surface area contributed by atoms with Gasteiger partial charge in [-0.1, -0.05) is 42.5 Å². The molecule has 3 aliphatic heterocycles. The molecule has 5 nitrogen and oxygen atoms in total. The number of likely N-dealkylation sites (tertiary alicyclic amines) is 1. The van der Waals surface area contributed by atoms with E-state index < -0.39 is 0 Å². The Morgan fingerprint density at radius 3 is 2.79 bits per heavy atom. The SMILES string of the molecule is COc1ccc2c(c1)C(=CCCN1CCC(N)(c3ccccc3)CC1)C1C=CC=NC1CO2.